The molecule has 4 rings (SSSR count). The van der Waals surface area contributed by atoms with E-state index >= 15 is 0 Å². The summed E-state index contributed by atoms with van der Waals surface area (Å²) in [6, 6.07) is 7.59. The van der Waals surface area contributed by atoms with Gasteiger partial charge in [0, 0.05) is 33.0 Å². The van der Waals surface area contributed by atoms with Crippen LogP contribution in [-0.4, -0.2) is 53.7 Å². The molecule has 2 aliphatic rings. The fraction of sp³-hybridized carbons (Fsp3) is 0.429. The van der Waals surface area contributed by atoms with Gasteiger partial charge in [0.1, 0.15) is 23.5 Å². The Hall–Kier alpha value is -2.67. The summed E-state index contributed by atoms with van der Waals surface area (Å²) in [6.45, 7) is 3.39. The summed E-state index contributed by atoms with van der Waals surface area (Å²) >= 11 is 0. The summed E-state index contributed by atoms with van der Waals surface area (Å²) in [6.07, 6.45) is 1.74. The Morgan fingerprint density at radius 1 is 1.25 bits per heavy atom. The molecule has 28 heavy (non-hydrogen) atoms. The lowest BCUT2D eigenvalue weighted by Gasteiger charge is -2.34. The third-order valence-electron chi connectivity index (χ3n) is 5.58. The first-order valence-electron chi connectivity index (χ1n) is 9.54. The molecule has 0 radical (unpaired) electrons. The van der Waals surface area contributed by atoms with Crippen LogP contribution in [0.15, 0.2) is 30.3 Å². The van der Waals surface area contributed by atoms with Crippen molar-refractivity contribution < 1.29 is 19.0 Å². The summed E-state index contributed by atoms with van der Waals surface area (Å²) in [4.78, 5) is 20.9. The van der Waals surface area contributed by atoms with Gasteiger partial charge in [-0.25, -0.2) is 9.37 Å². The Bertz CT molecular complexity index is 879. The molecule has 1 aromatic carbocycles. The van der Waals surface area contributed by atoms with Crippen molar-refractivity contribution >= 4 is 11.7 Å². The van der Waals surface area contributed by atoms with Gasteiger partial charge in [-0.05, 0) is 42.8 Å². The van der Waals surface area contributed by atoms with Crippen LogP contribution < -0.4 is 9.64 Å². The molecule has 1 atom stereocenters. The number of anilines is 1. The zero-order valence-electron chi connectivity index (χ0n) is 16.1. The smallest absolute Gasteiger partial charge is 0.256 e. The largest absolute Gasteiger partial charge is 0.490 e. The highest BCUT2D eigenvalue weighted by atomic mass is 19.1. The van der Waals surface area contributed by atoms with Crippen molar-refractivity contribution in [2.24, 2.45) is 0 Å². The molecule has 1 fully saturated rings. The number of nitrogens with zero attached hydrogens (tertiary/aromatic N) is 3. The monoisotopic (exact) mass is 385 g/mol. The maximum absolute atomic E-state index is 13.0. The van der Waals surface area contributed by atoms with Crippen LogP contribution in [0.3, 0.4) is 0 Å². The van der Waals surface area contributed by atoms with Gasteiger partial charge in [-0.1, -0.05) is 0 Å². The number of amides is 1. The van der Waals surface area contributed by atoms with Crippen LogP contribution in [0.4, 0.5) is 10.2 Å². The molecule has 3 heterocycles. The van der Waals surface area contributed by atoms with Gasteiger partial charge in [0.05, 0.1) is 23.9 Å². The molecule has 148 valence electrons. The van der Waals surface area contributed by atoms with Gasteiger partial charge in [0.15, 0.2) is 0 Å². The van der Waals surface area contributed by atoms with Crippen LogP contribution in [-0.2, 0) is 0 Å². The fourth-order valence-corrected chi connectivity index (χ4v) is 3.98. The van der Waals surface area contributed by atoms with Gasteiger partial charge >= 0.3 is 0 Å². The maximum Gasteiger partial charge on any atom is 0.256 e. The zero-order valence-corrected chi connectivity index (χ0v) is 16.1. The number of carbonyl (C=O) groups excluding carboxylic acids is 1. The highest BCUT2D eigenvalue weighted by Gasteiger charge is 2.36. The Morgan fingerprint density at radius 3 is 2.57 bits per heavy atom. The molecule has 1 saturated heterocycles. The van der Waals surface area contributed by atoms with Crippen molar-refractivity contribution in [3.63, 3.8) is 0 Å². The van der Waals surface area contributed by atoms with E-state index in [1.807, 2.05) is 13.0 Å². The third-order valence-corrected chi connectivity index (χ3v) is 5.58. The Kier molecular flexibility index (Phi) is 4.93. The van der Waals surface area contributed by atoms with Crippen molar-refractivity contribution in [1.29, 1.82) is 0 Å². The quantitative estimate of drug-likeness (QED) is 0.877. The summed E-state index contributed by atoms with van der Waals surface area (Å²) in [5, 5.41) is 9.68. The van der Waals surface area contributed by atoms with E-state index in [1.165, 1.54) is 12.1 Å². The number of benzene rings is 1. The number of hydrogen-bond donors (Lipinski definition) is 1. The first-order chi connectivity index (χ1) is 13.5. The average molecular weight is 385 g/mol. The van der Waals surface area contributed by atoms with Crippen LogP contribution in [0, 0.1) is 12.7 Å². The van der Waals surface area contributed by atoms with Crippen molar-refractivity contribution in [1.82, 2.24) is 9.88 Å². The second-order valence-corrected chi connectivity index (χ2v) is 7.43. The molecule has 0 unspecified atom stereocenters. The lowest BCUT2D eigenvalue weighted by atomic mass is 10.1. The van der Waals surface area contributed by atoms with Crippen LogP contribution in [0.1, 0.15) is 40.5 Å². The SMILES string of the molecule is Cc1cc2c(nc1N1CCC(Oc3ccc(F)cc3)CC1)[C@@H](CO)N(C)C2=O. The topological polar surface area (TPSA) is 65.9 Å². The minimum absolute atomic E-state index is 0.0781. The number of carbonyl (C=O) groups is 1. The number of pyridine rings is 1. The van der Waals surface area contributed by atoms with Crippen molar-refractivity contribution in [2.45, 2.75) is 31.9 Å². The highest BCUT2D eigenvalue weighted by Crippen LogP contribution is 2.34. The highest BCUT2D eigenvalue weighted by molar-refractivity contribution is 5.99. The van der Waals surface area contributed by atoms with E-state index in [-0.39, 0.29) is 30.5 Å². The van der Waals surface area contributed by atoms with Gasteiger partial charge in [0.2, 0.25) is 0 Å². The molecule has 7 heteroatoms. The molecule has 0 saturated carbocycles. The number of halogens is 1. The van der Waals surface area contributed by atoms with E-state index in [4.69, 9.17) is 9.72 Å². The molecule has 6 nitrogen and oxygen atoms in total. The Labute approximate surface area is 163 Å². The summed E-state index contributed by atoms with van der Waals surface area (Å²) in [5.74, 6) is 1.17. The zero-order chi connectivity index (χ0) is 19.8. The standard InChI is InChI=1S/C21H24FN3O3/c1-13-11-17-19(18(12-26)24(2)21(17)27)23-20(13)25-9-7-16(8-10-25)28-15-5-3-14(22)4-6-15/h3-6,11,16,18,26H,7-10,12H2,1-2H3/t18-/m1/s1. The molecule has 1 amide bonds. The number of rotatable bonds is 4. The molecule has 0 bridgehead atoms. The van der Waals surface area contributed by atoms with Gasteiger partial charge in [0.25, 0.3) is 5.91 Å². The van der Waals surface area contributed by atoms with Crippen LogP contribution in [0.5, 0.6) is 5.75 Å². The number of aliphatic hydroxyl groups excluding tert-OH is 1. The average Bonchev–Trinajstić information content (AvgIpc) is 2.93. The van der Waals surface area contributed by atoms with Crippen molar-refractivity contribution in [3.05, 3.63) is 53.0 Å². The number of hydrogen-bond acceptors (Lipinski definition) is 5. The molecule has 0 aliphatic carbocycles. The van der Waals surface area contributed by atoms with E-state index in [0.29, 0.717) is 17.0 Å². The number of likely N-dealkylation sites (N-methyl/N-ethyl adjacent to an activating group) is 1. The van der Waals surface area contributed by atoms with Gasteiger partial charge < -0.3 is 19.6 Å². The normalized spacial score (nSPS) is 19.9. The second-order valence-electron chi connectivity index (χ2n) is 7.43. The predicted molar refractivity (Wildman–Crippen MR) is 103 cm³/mol. The number of piperidine rings is 1. The lowest BCUT2D eigenvalue weighted by molar-refractivity contribution is 0.0715. The Balaban J connectivity index is 1.47. The molecule has 1 N–H and O–H groups in total. The minimum atomic E-state index is -0.388. The van der Waals surface area contributed by atoms with Gasteiger partial charge in [-0.2, -0.15) is 0 Å². The number of aryl methyl sites for hydroxylation is 1. The lowest BCUT2D eigenvalue weighted by Crippen LogP contribution is -2.39. The maximum atomic E-state index is 13.0. The third kappa shape index (κ3) is 3.30. The minimum Gasteiger partial charge on any atom is -0.490 e. The molecular formula is C21H24FN3O3. The summed E-state index contributed by atoms with van der Waals surface area (Å²) in [7, 11) is 1.69. The van der Waals surface area contributed by atoms with Gasteiger partial charge in [-0.15, -0.1) is 0 Å². The first-order valence-corrected chi connectivity index (χ1v) is 9.54. The number of aromatic nitrogens is 1. The molecule has 0 spiro atoms. The molecule has 2 aromatic rings. The summed E-state index contributed by atoms with van der Waals surface area (Å²) < 4.78 is 19.0. The van der Waals surface area contributed by atoms with Crippen LogP contribution in [0.2, 0.25) is 0 Å². The number of aliphatic hydroxyl groups is 1. The number of ether oxygens (including phenoxy) is 1. The van der Waals surface area contributed by atoms with Crippen molar-refractivity contribution in [3.8, 4) is 5.75 Å². The Morgan fingerprint density at radius 2 is 1.93 bits per heavy atom. The summed E-state index contributed by atoms with van der Waals surface area (Å²) in [5.41, 5.74) is 2.19. The van der Waals surface area contributed by atoms with E-state index in [1.54, 1.807) is 24.1 Å². The van der Waals surface area contributed by atoms with Crippen molar-refractivity contribution in [2.75, 3.05) is 31.6 Å². The second kappa shape index (κ2) is 7.39. The van der Waals surface area contributed by atoms with Crippen LogP contribution in [0.25, 0.3) is 0 Å². The van der Waals surface area contributed by atoms with Crippen LogP contribution >= 0.6 is 0 Å². The predicted octanol–water partition coefficient (Wildman–Crippen LogP) is 2.70. The first kappa shape index (κ1) is 18.7. The molecule has 1 aromatic heterocycles. The fourth-order valence-electron chi connectivity index (χ4n) is 3.98. The van der Waals surface area contributed by atoms with E-state index in [9.17, 15) is 14.3 Å². The van der Waals surface area contributed by atoms with E-state index < -0.39 is 0 Å². The molecule has 2 aliphatic heterocycles. The number of fused-ring (bicyclic) bond motifs is 1. The molecular weight excluding hydrogens is 361 g/mol. The van der Waals surface area contributed by atoms with Gasteiger partial charge in [-0.3, -0.25) is 4.79 Å². The van der Waals surface area contributed by atoms with E-state index in [2.05, 4.69) is 4.90 Å². The van der Waals surface area contributed by atoms with E-state index in [0.717, 1.165) is 37.3 Å².